The van der Waals surface area contributed by atoms with E-state index in [1.807, 2.05) is 17.0 Å². The Labute approximate surface area is 394 Å². The van der Waals surface area contributed by atoms with Gasteiger partial charge < -0.3 is 25.8 Å². The van der Waals surface area contributed by atoms with E-state index in [-0.39, 0.29) is 82.8 Å². The van der Waals surface area contributed by atoms with E-state index in [9.17, 15) is 28.8 Å². The van der Waals surface area contributed by atoms with Crippen molar-refractivity contribution in [2.75, 3.05) is 18.4 Å². The largest absolute Gasteiger partial charge is 0.352 e. The molecule has 6 aliphatic rings. The van der Waals surface area contributed by atoms with Gasteiger partial charge in [-0.2, -0.15) is 0 Å². The minimum absolute atomic E-state index is 0.0719. The molecule has 1 spiro atoms. The van der Waals surface area contributed by atoms with Crippen LogP contribution in [0.5, 0.6) is 0 Å². The Hall–Kier alpha value is -5.29. The number of carbonyl (C=O) groups excluding carboxylic acids is 6. The molecule has 9 rings (SSSR count). The third kappa shape index (κ3) is 8.72. The van der Waals surface area contributed by atoms with Gasteiger partial charge in [-0.1, -0.05) is 80.1 Å². The average molecular weight is 938 g/mol. The van der Waals surface area contributed by atoms with Crippen LogP contribution >= 0.6 is 23.2 Å². The van der Waals surface area contributed by atoms with Gasteiger partial charge in [-0.05, 0) is 110 Å². The zero-order valence-corrected chi connectivity index (χ0v) is 38.9. The molecule has 0 radical (unpaired) electrons. The number of anilines is 1. The second-order valence-electron chi connectivity index (χ2n) is 20.2. The van der Waals surface area contributed by atoms with E-state index in [1.54, 1.807) is 36.4 Å². The number of benzene rings is 3. The van der Waals surface area contributed by atoms with Crippen LogP contribution in [0.3, 0.4) is 0 Å². The highest BCUT2D eigenvalue weighted by atomic mass is 35.5. The number of halogens is 3. The lowest BCUT2D eigenvalue weighted by Crippen LogP contribution is -2.53. The summed E-state index contributed by atoms with van der Waals surface area (Å²) in [5, 5.41) is 12.6. The standard InChI is InChI=1S/C51H55Cl2FN6O6/c1-50(2,3)26-40-51(25-31-12-15-32(52)24-38(31)56-49(51)66)42(35-8-5-9-37(53)43(35)54)44(57-40)46(63)55-33-16-13-30(14-17-33)47(64)59-22-20-28(21-23-59)10-11-29-6-4-7-34-36(29)27-60(48(34)65)39-18-19-41(61)58-45(39)62/h4-9,12,15,24,28,30,33,39-40,42,44,57H,13-14,16-23,25-27H2,1-3H3,(H,55,63)(H,56,66)(H,58,61,62)/t30-,33-,39?,40-,42-,44+,51+/m0/s1. The molecule has 0 aromatic heterocycles. The minimum atomic E-state index is -1.24. The SMILES string of the molecule is CC(C)(C)C[C@@H]1N[C@@H](C(=O)N[C@H]2CC[C@H](C(=O)N3CCC(C#Cc4cccc5c4CN(C4CCC(=O)NC4=O)C5=O)CC3)CC2)[C@H](c2cccc(Cl)c2F)[C@@]12Cc1ccc(Cl)cc1NC2=O. The summed E-state index contributed by atoms with van der Waals surface area (Å²) in [5.74, 6) is 3.54. The maximum absolute atomic E-state index is 16.3. The second-order valence-corrected chi connectivity index (χ2v) is 21.1. The molecule has 15 heteroatoms. The molecule has 3 aromatic rings. The lowest BCUT2D eigenvalue weighted by Gasteiger charge is -2.44. The number of carbonyl (C=O) groups is 6. The van der Waals surface area contributed by atoms with Gasteiger partial charge in [-0.15, -0.1) is 0 Å². The van der Waals surface area contributed by atoms with Gasteiger partial charge in [0.15, 0.2) is 0 Å². The van der Waals surface area contributed by atoms with Crippen molar-refractivity contribution in [3.05, 3.63) is 98.3 Å². The molecule has 1 unspecified atom stereocenters. The third-order valence-corrected chi connectivity index (χ3v) is 15.3. The second kappa shape index (κ2) is 18.1. The van der Waals surface area contributed by atoms with Crippen molar-refractivity contribution < 1.29 is 33.2 Å². The van der Waals surface area contributed by atoms with E-state index >= 15 is 4.39 Å². The Morgan fingerprint density at radius 3 is 2.39 bits per heavy atom. The first kappa shape index (κ1) is 45.8. The third-order valence-electron chi connectivity index (χ3n) is 14.8. The molecular formula is C51H55Cl2FN6O6. The number of rotatable bonds is 6. The molecule has 1 saturated carbocycles. The topological polar surface area (TPSA) is 157 Å². The van der Waals surface area contributed by atoms with Gasteiger partial charge in [0.2, 0.25) is 29.5 Å². The van der Waals surface area contributed by atoms with Crippen LogP contribution in [-0.2, 0) is 36.9 Å². The Morgan fingerprint density at radius 2 is 1.67 bits per heavy atom. The summed E-state index contributed by atoms with van der Waals surface area (Å²) in [7, 11) is 0. The van der Waals surface area contributed by atoms with Gasteiger partial charge >= 0.3 is 0 Å². The van der Waals surface area contributed by atoms with Crippen LogP contribution in [0.4, 0.5) is 10.1 Å². The molecule has 4 fully saturated rings. The van der Waals surface area contributed by atoms with Crippen LogP contribution in [0.15, 0.2) is 54.6 Å². The monoisotopic (exact) mass is 936 g/mol. The highest BCUT2D eigenvalue weighted by Gasteiger charge is 2.64. The molecule has 12 nitrogen and oxygen atoms in total. The quantitative estimate of drug-likeness (QED) is 0.155. The first-order chi connectivity index (χ1) is 31.5. The van der Waals surface area contributed by atoms with Gasteiger partial charge in [0, 0.05) is 77.7 Å². The van der Waals surface area contributed by atoms with Gasteiger partial charge in [0.05, 0.1) is 16.5 Å². The number of likely N-dealkylation sites (tertiary alicyclic amines) is 1. The van der Waals surface area contributed by atoms with Crippen LogP contribution in [0.1, 0.15) is 117 Å². The van der Waals surface area contributed by atoms with Gasteiger partial charge in [0.1, 0.15) is 11.9 Å². The van der Waals surface area contributed by atoms with Gasteiger partial charge in [-0.25, -0.2) is 4.39 Å². The molecule has 3 saturated heterocycles. The van der Waals surface area contributed by atoms with Crippen molar-refractivity contribution in [1.82, 2.24) is 25.8 Å². The van der Waals surface area contributed by atoms with Crippen molar-refractivity contribution in [3.8, 4) is 11.8 Å². The molecule has 346 valence electrons. The van der Waals surface area contributed by atoms with E-state index in [1.165, 1.54) is 11.0 Å². The van der Waals surface area contributed by atoms with Crippen LogP contribution < -0.4 is 21.3 Å². The molecule has 3 aromatic carbocycles. The number of nitrogens with one attached hydrogen (secondary N) is 4. The lowest BCUT2D eigenvalue weighted by atomic mass is 9.61. The molecule has 0 bridgehead atoms. The van der Waals surface area contributed by atoms with E-state index < -0.39 is 41.2 Å². The number of piperidine rings is 2. The zero-order chi connectivity index (χ0) is 46.7. The minimum Gasteiger partial charge on any atom is -0.352 e. The molecule has 5 heterocycles. The summed E-state index contributed by atoms with van der Waals surface area (Å²) >= 11 is 12.7. The number of amides is 6. The summed E-state index contributed by atoms with van der Waals surface area (Å²) in [6.45, 7) is 7.67. The van der Waals surface area contributed by atoms with Crippen molar-refractivity contribution in [1.29, 1.82) is 0 Å². The average Bonchev–Trinajstić information content (AvgIpc) is 3.78. The smallest absolute Gasteiger partial charge is 0.255 e. The Kier molecular flexibility index (Phi) is 12.6. The number of nitrogens with zero attached hydrogens (tertiary/aromatic N) is 2. The van der Waals surface area contributed by atoms with Crippen molar-refractivity contribution in [2.45, 2.75) is 122 Å². The number of fused-ring (bicyclic) bond motifs is 2. The summed E-state index contributed by atoms with van der Waals surface area (Å²) in [5.41, 5.74) is 2.23. The Bertz CT molecular complexity index is 2570. The van der Waals surface area contributed by atoms with Gasteiger partial charge in [0.25, 0.3) is 5.91 Å². The molecule has 4 N–H and O–H groups in total. The molecular weight excluding hydrogens is 883 g/mol. The highest BCUT2D eigenvalue weighted by Crippen LogP contribution is 2.55. The first-order valence-corrected chi connectivity index (χ1v) is 23.9. The maximum atomic E-state index is 16.3. The predicted octanol–water partition coefficient (Wildman–Crippen LogP) is 6.90. The van der Waals surface area contributed by atoms with E-state index in [2.05, 4.69) is 53.9 Å². The number of hydrogen-bond acceptors (Lipinski definition) is 7. The summed E-state index contributed by atoms with van der Waals surface area (Å²) < 4.78 is 16.3. The van der Waals surface area contributed by atoms with Crippen LogP contribution in [-0.4, -0.2) is 82.5 Å². The lowest BCUT2D eigenvalue weighted by molar-refractivity contribution is -0.138. The van der Waals surface area contributed by atoms with E-state index in [0.717, 1.165) is 29.5 Å². The summed E-state index contributed by atoms with van der Waals surface area (Å²) in [6, 6.07) is 13.2. The fraction of sp³-hybridized carbons (Fsp3) is 0.490. The number of hydrogen-bond donors (Lipinski definition) is 4. The summed E-state index contributed by atoms with van der Waals surface area (Å²) in [6.07, 6.45) is 5.15. The van der Waals surface area contributed by atoms with Crippen molar-refractivity contribution >= 4 is 64.3 Å². The molecule has 5 aliphatic heterocycles. The predicted molar refractivity (Wildman–Crippen MR) is 248 cm³/mol. The van der Waals surface area contributed by atoms with E-state index in [0.29, 0.717) is 67.9 Å². The molecule has 5 atom stereocenters. The zero-order valence-electron chi connectivity index (χ0n) is 37.4. The Morgan fingerprint density at radius 1 is 0.924 bits per heavy atom. The van der Waals surface area contributed by atoms with Crippen LogP contribution in [0.25, 0.3) is 0 Å². The normalized spacial score (nSPS) is 27.7. The molecule has 66 heavy (non-hydrogen) atoms. The highest BCUT2D eigenvalue weighted by molar-refractivity contribution is 6.31. The van der Waals surface area contributed by atoms with Crippen LogP contribution in [0.2, 0.25) is 10.0 Å². The molecule has 1 aliphatic carbocycles. The van der Waals surface area contributed by atoms with Crippen LogP contribution in [0, 0.1) is 40.3 Å². The summed E-state index contributed by atoms with van der Waals surface area (Å²) in [4.78, 5) is 84.1. The van der Waals surface area contributed by atoms with Crippen molar-refractivity contribution in [3.63, 3.8) is 0 Å². The van der Waals surface area contributed by atoms with E-state index in [4.69, 9.17) is 23.2 Å². The van der Waals surface area contributed by atoms with Crippen molar-refractivity contribution in [2.24, 2.45) is 22.7 Å². The number of imide groups is 1. The Balaban J connectivity index is 0.835. The first-order valence-electron chi connectivity index (χ1n) is 23.2. The molecule has 6 amide bonds. The fourth-order valence-electron chi connectivity index (χ4n) is 11.4. The van der Waals surface area contributed by atoms with Gasteiger partial charge in [-0.3, -0.25) is 34.1 Å². The fourth-order valence-corrected chi connectivity index (χ4v) is 11.8. The maximum Gasteiger partial charge on any atom is 0.255 e.